The van der Waals surface area contributed by atoms with Gasteiger partial charge in [0.05, 0.1) is 12.0 Å². The highest BCUT2D eigenvalue weighted by atomic mass is 32.2. The van der Waals surface area contributed by atoms with E-state index in [1.54, 1.807) is 24.3 Å². The summed E-state index contributed by atoms with van der Waals surface area (Å²) >= 11 is 0.917. The Morgan fingerprint density at radius 3 is 2.68 bits per heavy atom. The zero-order valence-electron chi connectivity index (χ0n) is 14.3. The summed E-state index contributed by atoms with van der Waals surface area (Å²) in [6.07, 6.45) is 2.33. The number of nitrogens with two attached hydrogens (primary N) is 1. The predicted octanol–water partition coefficient (Wildman–Crippen LogP) is 2.39. The third-order valence-corrected chi connectivity index (χ3v) is 4.59. The molecule has 0 spiro atoms. The van der Waals surface area contributed by atoms with Crippen molar-refractivity contribution in [3.63, 3.8) is 0 Å². The lowest BCUT2D eigenvalue weighted by Gasteiger charge is -2.19. The molecule has 1 atom stereocenters. The largest absolute Gasteiger partial charge is 0.493 e. The van der Waals surface area contributed by atoms with Crippen molar-refractivity contribution in [2.45, 2.75) is 26.3 Å². The van der Waals surface area contributed by atoms with E-state index in [4.69, 9.17) is 15.2 Å². The lowest BCUT2D eigenvalue weighted by molar-refractivity contribution is -0.124. The molecule has 25 heavy (non-hydrogen) atoms. The third-order valence-electron chi connectivity index (χ3n) is 3.71. The molecule has 1 aliphatic heterocycles. The van der Waals surface area contributed by atoms with Gasteiger partial charge in [0.25, 0.3) is 17.1 Å². The second-order valence-corrected chi connectivity index (χ2v) is 6.47. The van der Waals surface area contributed by atoms with Crippen LogP contribution in [0.25, 0.3) is 6.08 Å². The molecule has 1 aliphatic rings. The lowest BCUT2D eigenvalue weighted by Crippen LogP contribution is -2.36. The molecule has 0 unspecified atom stereocenters. The van der Waals surface area contributed by atoms with Gasteiger partial charge in [0, 0.05) is 6.04 Å². The topological polar surface area (TPSA) is 98.9 Å². The van der Waals surface area contributed by atoms with Crippen molar-refractivity contribution >= 4 is 34.9 Å². The highest BCUT2D eigenvalue weighted by Gasteiger charge is 2.37. The Bertz CT molecular complexity index is 732. The number of benzene rings is 1. The average molecular weight is 364 g/mol. The summed E-state index contributed by atoms with van der Waals surface area (Å²) in [5.41, 5.74) is 5.74. The van der Waals surface area contributed by atoms with Gasteiger partial charge in [-0.2, -0.15) is 0 Å². The first-order chi connectivity index (χ1) is 11.9. The molecule has 3 amide bonds. The maximum Gasteiger partial charge on any atom is 0.293 e. The van der Waals surface area contributed by atoms with Crippen LogP contribution in [0.3, 0.4) is 0 Å². The fourth-order valence-corrected chi connectivity index (χ4v) is 3.17. The van der Waals surface area contributed by atoms with Gasteiger partial charge in [0.2, 0.25) is 0 Å². The van der Waals surface area contributed by atoms with Gasteiger partial charge >= 0.3 is 0 Å². The van der Waals surface area contributed by atoms with Gasteiger partial charge in [-0.3, -0.25) is 19.3 Å². The quantitative estimate of drug-likeness (QED) is 0.746. The van der Waals surface area contributed by atoms with Crippen molar-refractivity contribution in [1.29, 1.82) is 0 Å². The minimum absolute atomic E-state index is 0.141. The van der Waals surface area contributed by atoms with Crippen molar-refractivity contribution < 1.29 is 23.9 Å². The molecule has 1 fully saturated rings. The van der Waals surface area contributed by atoms with E-state index in [1.165, 1.54) is 12.0 Å². The minimum Gasteiger partial charge on any atom is -0.493 e. The first kappa shape index (κ1) is 18.9. The number of thioether (sulfide) groups is 1. The summed E-state index contributed by atoms with van der Waals surface area (Å²) in [6, 6.07) is 4.84. The van der Waals surface area contributed by atoms with E-state index in [9.17, 15) is 14.4 Å². The Kier molecular flexibility index (Phi) is 6.08. The number of rotatable bonds is 7. The predicted molar refractivity (Wildman–Crippen MR) is 95.2 cm³/mol. The van der Waals surface area contributed by atoms with Crippen LogP contribution in [0, 0.1) is 0 Å². The number of amides is 3. The van der Waals surface area contributed by atoms with Crippen molar-refractivity contribution in [1.82, 2.24) is 4.90 Å². The molecule has 8 heteroatoms. The van der Waals surface area contributed by atoms with Gasteiger partial charge in [-0.05, 0) is 48.9 Å². The maximum atomic E-state index is 12.4. The molecule has 0 aromatic heterocycles. The van der Waals surface area contributed by atoms with Crippen molar-refractivity contribution in [3.8, 4) is 11.5 Å². The maximum absolute atomic E-state index is 12.4. The summed E-state index contributed by atoms with van der Waals surface area (Å²) in [7, 11) is 1.47. The number of ether oxygens (including phenoxy) is 2. The molecule has 7 nitrogen and oxygen atoms in total. The van der Waals surface area contributed by atoms with Gasteiger partial charge in [-0.1, -0.05) is 13.0 Å². The molecule has 134 valence electrons. The van der Waals surface area contributed by atoms with Crippen LogP contribution < -0.4 is 15.2 Å². The summed E-state index contributed by atoms with van der Waals surface area (Å²) < 4.78 is 10.5. The van der Waals surface area contributed by atoms with Crippen LogP contribution in [-0.2, 0) is 9.59 Å². The zero-order valence-corrected chi connectivity index (χ0v) is 15.1. The second-order valence-electron chi connectivity index (χ2n) is 5.47. The highest BCUT2D eigenvalue weighted by molar-refractivity contribution is 8.18. The SMILES string of the molecule is CC[C@H](C)N1C(=O)S/C(=C/c2ccc(OCC(N)=O)c(OC)c2)C1=O. The minimum atomic E-state index is -0.593. The number of carbonyl (C=O) groups excluding carboxylic acids is 3. The first-order valence-corrected chi connectivity index (χ1v) is 8.55. The molecule has 0 saturated carbocycles. The van der Waals surface area contributed by atoms with Crippen LogP contribution in [0.15, 0.2) is 23.1 Å². The fraction of sp³-hybridized carbons (Fsp3) is 0.353. The monoisotopic (exact) mass is 364 g/mol. The normalized spacial score (nSPS) is 17.1. The van der Waals surface area contributed by atoms with E-state index in [0.29, 0.717) is 28.4 Å². The zero-order chi connectivity index (χ0) is 18.6. The molecule has 2 rings (SSSR count). The fourth-order valence-electron chi connectivity index (χ4n) is 2.24. The van der Waals surface area contributed by atoms with Crippen LogP contribution >= 0.6 is 11.8 Å². The average Bonchev–Trinajstić information content (AvgIpc) is 2.86. The van der Waals surface area contributed by atoms with Gasteiger partial charge in [0.15, 0.2) is 18.1 Å². The Balaban J connectivity index is 2.25. The molecule has 1 aromatic rings. The number of primary amides is 1. The van der Waals surface area contributed by atoms with Gasteiger partial charge in [-0.15, -0.1) is 0 Å². The molecule has 1 saturated heterocycles. The van der Waals surface area contributed by atoms with E-state index in [0.717, 1.165) is 11.8 Å². The van der Waals surface area contributed by atoms with Crippen LogP contribution in [-0.4, -0.2) is 41.7 Å². The molecular weight excluding hydrogens is 344 g/mol. The number of imide groups is 1. The van der Waals surface area contributed by atoms with Crippen LogP contribution in [0.2, 0.25) is 0 Å². The Morgan fingerprint density at radius 2 is 2.08 bits per heavy atom. The van der Waals surface area contributed by atoms with E-state index in [-0.39, 0.29) is 23.8 Å². The lowest BCUT2D eigenvalue weighted by atomic mass is 10.1. The van der Waals surface area contributed by atoms with Crippen LogP contribution in [0.4, 0.5) is 4.79 Å². The Morgan fingerprint density at radius 1 is 1.36 bits per heavy atom. The van der Waals surface area contributed by atoms with Gasteiger partial charge in [-0.25, -0.2) is 0 Å². The van der Waals surface area contributed by atoms with E-state index < -0.39 is 5.91 Å². The number of carbonyl (C=O) groups is 3. The van der Waals surface area contributed by atoms with Crippen molar-refractivity contribution in [3.05, 3.63) is 28.7 Å². The molecule has 1 aromatic carbocycles. The van der Waals surface area contributed by atoms with Crippen molar-refractivity contribution in [2.24, 2.45) is 5.73 Å². The number of hydrogen-bond donors (Lipinski definition) is 1. The Hall–Kier alpha value is -2.48. The number of hydrogen-bond acceptors (Lipinski definition) is 6. The third kappa shape index (κ3) is 4.33. The van der Waals surface area contributed by atoms with Crippen LogP contribution in [0.1, 0.15) is 25.8 Å². The summed E-state index contributed by atoms with van der Waals surface area (Å²) in [5, 5.41) is -0.265. The van der Waals surface area contributed by atoms with E-state index in [2.05, 4.69) is 0 Å². The second kappa shape index (κ2) is 8.06. The molecule has 0 bridgehead atoms. The van der Waals surface area contributed by atoms with Crippen LogP contribution in [0.5, 0.6) is 11.5 Å². The highest BCUT2D eigenvalue weighted by Crippen LogP contribution is 2.35. The molecule has 0 aliphatic carbocycles. The number of methoxy groups -OCH3 is 1. The summed E-state index contributed by atoms with van der Waals surface area (Å²) in [6.45, 7) is 3.50. The summed E-state index contributed by atoms with van der Waals surface area (Å²) in [5.74, 6) is -0.121. The molecular formula is C17H20N2O5S. The number of nitrogens with zero attached hydrogens (tertiary/aromatic N) is 1. The standard InChI is InChI=1S/C17H20N2O5S/c1-4-10(2)19-16(21)14(25-17(19)22)8-11-5-6-12(13(7-11)23-3)24-9-15(18)20/h5-8,10H,4,9H2,1-3H3,(H2,18,20)/b14-8+/t10-/m0/s1. The van der Waals surface area contributed by atoms with Gasteiger partial charge < -0.3 is 15.2 Å². The Labute approximate surface area is 150 Å². The molecule has 0 radical (unpaired) electrons. The first-order valence-electron chi connectivity index (χ1n) is 7.73. The van der Waals surface area contributed by atoms with Gasteiger partial charge in [0.1, 0.15) is 0 Å². The molecule has 2 N–H and O–H groups in total. The molecule has 1 heterocycles. The smallest absolute Gasteiger partial charge is 0.293 e. The van der Waals surface area contributed by atoms with E-state index in [1.807, 2.05) is 13.8 Å². The van der Waals surface area contributed by atoms with E-state index >= 15 is 0 Å². The van der Waals surface area contributed by atoms with Crippen molar-refractivity contribution in [2.75, 3.05) is 13.7 Å². The summed E-state index contributed by atoms with van der Waals surface area (Å²) in [4.78, 5) is 36.9.